The largest absolute Gasteiger partial charge is 0.384 e. The van der Waals surface area contributed by atoms with E-state index in [1.54, 1.807) is 17.6 Å². The number of hydrogen-bond donors (Lipinski definition) is 0. The highest BCUT2D eigenvalue weighted by Crippen LogP contribution is 2.39. The third-order valence-corrected chi connectivity index (χ3v) is 6.76. The minimum absolute atomic E-state index is 0.324. The number of fused-ring (bicyclic) bond motifs is 1. The van der Waals surface area contributed by atoms with Crippen LogP contribution in [0, 0.1) is 0 Å². The zero-order valence-corrected chi connectivity index (χ0v) is 14.8. The molecular weight excluding hydrogens is 344 g/mol. The van der Waals surface area contributed by atoms with Gasteiger partial charge in [0.2, 0.25) is 0 Å². The van der Waals surface area contributed by atoms with Gasteiger partial charge in [-0.05, 0) is 54.9 Å². The lowest BCUT2D eigenvalue weighted by atomic mass is 9.98. The fraction of sp³-hybridized carbons (Fsp3) is 0.444. The predicted molar refractivity (Wildman–Crippen MR) is 93.8 cm³/mol. The van der Waals surface area contributed by atoms with Crippen molar-refractivity contribution in [2.75, 3.05) is 13.7 Å². The second-order valence-corrected chi connectivity index (χ2v) is 7.74. The molecule has 1 aliphatic rings. The van der Waals surface area contributed by atoms with E-state index in [9.17, 15) is 0 Å². The van der Waals surface area contributed by atoms with E-state index in [2.05, 4.69) is 46.3 Å². The Hall–Kier alpha value is -0.640. The minimum Gasteiger partial charge on any atom is -0.384 e. The zero-order chi connectivity index (χ0) is 14.7. The van der Waals surface area contributed by atoms with E-state index in [0.29, 0.717) is 4.83 Å². The molecule has 0 N–H and O–H groups in total. The standard InChI is InChI=1S/C18H21BrOS/c1-20-11-10-13-6-8-14(9-7-13)18(19)17-12-15-4-2-3-5-16(15)21-17/h6-9,12,18H,2-5,10-11H2,1H3. The van der Waals surface area contributed by atoms with E-state index >= 15 is 0 Å². The Morgan fingerprint density at radius 3 is 2.67 bits per heavy atom. The minimum atomic E-state index is 0.324. The summed E-state index contributed by atoms with van der Waals surface area (Å²) >= 11 is 5.87. The maximum absolute atomic E-state index is 5.13. The van der Waals surface area contributed by atoms with Gasteiger partial charge in [0.15, 0.2) is 0 Å². The summed E-state index contributed by atoms with van der Waals surface area (Å²) in [6.45, 7) is 0.786. The van der Waals surface area contributed by atoms with E-state index in [0.717, 1.165) is 13.0 Å². The first kappa shape index (κ1) is 15.3. The molecule has 0 amide bonds. The van der Waals surface area contributed by atoms with Gasteiger partial charge < -0.3 is 4.74 Å². The summed E-state index contributed by atoms with van der Waals surface area (Å²) < 4.78 is 5.13. The molecule has 0 fully saturated rings. The third kappa shape index (κ3) is 3.58. The van der Waals surface area contributed by atoms with Gasteiger partial charge in [-0.25, -0.2) is 0 Å². The maximum Gasteiger partial charge on any atom is 0.0738 e. The highest BCUT2D eigenvalue weighted by Gasteiger charge is 2.18. The van der Waals surface area contributed by atoms with Crippen molar-refractivity contribution in [1.29, 1.82) is 0 Å². The molecular formula is C18H21BrOS. The van der Waals surface area contributed by atoms with E-state index < -0.39 is 0 Å². The number of alkyl halides is 1. The molecule has 3 heteroatoms. The Labute approximate surface area is 139 Å². The van der Waals surface area contributed by atoms with Crippen LogP contribution in [0.5, 0.6) is 0 Å². The van der Waals surface area contributed by atoms with Gasteiger partial charge in [-0.15, -0.1) is 11.3 Å². The molecule has 1 unspecified atom stereocenters. The van der Waals surface area contributed by atoms with Crippen LogP contribution in [0.3, 0.4) is 0 Å². The summed E-state index contributed by atoms with van der Waals surface area (Å²) in [5.41, 5.74) is 4.27. The van der Waals surface area contributed by atoms with Crippen LogP contribution < -0.4 is 0 Å². The van der Waals surface area contributed by atoms with Crippen molar-refractivity contribution in [3.63, 3.8) is 0 Å². The molecule has 0 saturated heterocycles. The van der Waals surface area contributed by atoms with Gasteiger partial charge in [0.25, 0.3) is 0 Å². The first-order chi connectivity index (χ1) is 10.3. The van der Waals surface area contributed by atoms with Crippen LogP contribution >= 0.6 is 27.3 Å². The van der Waals surface area contributed by atoms with Crippen molar-refractivity contribution in [3.05, 3.63) is 56.8 Å². The quantitative estimate of drug-likeness (QED) is 0.654. The molecule has 1 heterocycles. The van der Waals surface area contributed by atoms with Crippen LogP contribution in [0.1, 0.15) is 44.1 Å². The van der Waals surface area contributed by atoms with Gasteiger partial charge in [-0.1, -0.05) is 40.2 Å². The van der Waals surface area contributed by atoms with E-state index in [1.165, 1.54) is 41.7 Å². The van der Waals surface area contributed by atoms with Crippen molar-refractivity contribution in [2.24, 2.45) is 0 Å². The van der Waals surface area contributed by atoms with E-state index in [1.807, 2.05) is 11.3 Å². The Morgan fingerprint density at radius 2 is 1.95 bits per heavy atom. The zero-order valence-electron chi connectivity index (χ0n) is 12.4. The summed E-state index contributed by atoms with van der Waals surface area (Å²) in [6, 6.07) is 11.3. The van der Waals surface area contributed by atoms with Crippen molar-refractivity contribution in [2.45, 2.75) is 36.9 Å². The smallest absolute Gasteiger partial charge is 0.0738 e. The number of hydrogen-bond acceptors (Lipinski definition) is 2. The lowest BCUT2D eigenvalue weighted by molar-refractivity contribution is 0.202. The molecule has 1 atom stereocenters. The van der Waals surface area contributed by atoms with Crippen molar-refractivity contribution >= 4 is 27.3 Å². The number of aryl methyl sites for hydroxylation is 2. The Morgan fingerprint density at radius 1 is 1.19 bits per heavy atom. The molecule has 2 aromatic rings. The third-order valence-electron chi connectivity index (χ3n) is 4.13. The molecule has 0 saturated carbocycles. The van der Waals surface area contributed by atoms with Gasteiger partial charge in [-0.2, -0.15) is 0 Å². The Kier molecular flexibility index (Phi) is 5.15. The first-order valence-corrected chi connectivity index (χ1v) is 9.34. The molecule has 1 aromatic carbocycles. The topological polar surface area (TPSA) is 9.23 Å². The van der Waals surface area contributed by atoms with Crippen molar-refractivity contribution in [1.82, 2.24) is 0 Å². The van der Waals surface area contributed by atoms with Crippen molar-refractivity contribution in [3.8, 4) is 0 Å². The molecule has 0 radical (unpaired) electrons. The Bertz CT molecular complexity index is 564. The highest BCUT2D eigenvalue weighted by molar-refractivity contribution is 9.09. The highest BCUT2D eigenvalue weighted by atomic mass is 79.9. The molecule has 1 aromatic heterocycles. The first-order valence-electron chi connectivity index (χ1n) is 7.61. The van der Waals surface area contributed by atoms with Crippen LogP contribution in [-0.4, -0.2) is 13.7 Å². The summed E-state index contributed by atoms with van der Waals surface area (Å²) in [5.74, 6) is 0. The van der Waals surface area contributed by atoms with Crippen molar-refractivity contribution < 1.29 is 4.74 Å². The normalized spacial score (nSPS) is 15.7. The maximum atomic E-state index is 5.13. The summed E-state index contributed by atoms with van der Waals surface area (Å²) in [7, 11) is 1.75. The molecule has 0 spiro atoms. The lowest BCUT2D eigenvalue weighted by Crippen LogP contribution is -1.96. The summed E-state index contributed by atoms with van der Waals surface area (Å²) in [5, 5.41) is 0. The monoisotopic (exact) mass is 364 g/mol. The molecule has 112 valence electrons. The number of rotatable bonds is 5. The number of halogens is 1. The molecule has 0 bridgehead atoms. The van der Waals surface area contributed by atoms with Gasteiger partial charge in [0.05, 0.1) is 11.4 Å². The average Bonchev–Trinajstić information content (AvgIpc) is 2.96. The van der Waals surface area contributed by atoms with Crippen LogP contribution in [0.4, 0.5) is 0 Å². The van der Waals surface area contributed by atoms with E-state index in [4.69, 9.17) is 4.74 Å². The van der Waals surface area contributed by atoms with Gasteiger partial charge in [-0.3, -0.25) is 0 Å². The number of thiophene rings is 1. The fourth-order valence-electron chi connectivity index (χ4n) is 2.88. The van der Waals surface area contributed by atoms with E-state index in [-0.39, 0.29) is 0 Å². The molecule has 3 rings (SSSR count). The lowest BCUT2D eigenvalue weighted by Gasteiger charge is -2.09. The van der Waals surface area contributed by atoms with Crippen LogP contribution in [0.15, 0.2) is 30.3 Å². The number of methoxy groups -OCH3 is 1. The second kappa shape index (κ2) is 7.08. The SMILES string of the molecule is COCCc1ccc(C(Br)c2cc3c(s2)CCCC3)cc1. The van der Waals surface area contributed by atoms with Crippen LogP contribution in [-0.2, 0) is 24.0 Å². The van der Waals surface area contributed by atoms with Gasteiger partial charge in [0.1, 0.15) is 0 Å². The molecule has 0 aliphatic heterocycles. The molecule has 21 heavy (non-hydrogen) atoms. The Balaban J connectivity index is 1.75. The second-order valence-electron chi connectivity index (χ2n) is 5.65. The molecule has 1 aliphatic carbocycles. The summed E-state index contributed by atoms with van der Waals surface area (Å²) in [4.78, 5) is 3.38. The average molecular weight is 365 g/mol. The number of ether oxygens (including phenoxy) is 1. The summed E-state index contributed by atoms with van der Waals surface area (Å²) in [6.07, 6.45) is 6.23. The predicted octanol–water partition coefficient (Wildman–Crippen LogP) is 5.30. The van der Waals surface area contributed by atoms with Gasteiger partial charge in [0, 0.05) is 16.9 Å². The molecule has 1 nitrogen and oxygen atoms in total. The fourth-order valence-corrected chi connectivity index (χ4v) is 4.86. The van der Waals surface area contributed by atoms with Crippen LogP contribution in [0.2, 0.25) is 0 Å². The van der Waals surface area contributed by atoms with Gasteiger partial charge >= 0.3 is 0 Å². The number of benzene rings is 1. The van der Waals surface area contributed by atoms with Crippen LogP contribution in [0.25, 0.3) is 0 Å².